The predicted molar refractivity (Wildman–Crippen MR) is 176 cm³/mol. The number of allylic oxidation sites excluding steroid dienone is 1. The molecule has 2 saturated carbocycles. The zero-order chi connectivity index (χ0) is 35.5. The van der Waals surface area contributed by atoms with Crippen LogP contribution in [0.3, 0.4) is 0 Å². The highest BCUT2D eigenvalue weighted by Crippen LogP contribution is 2.46. The molecule has 0 aromatic heterocycles. The summed E-state index contributed by atoms with van der Waals surface area (Å²) in [5.41, 5.74) is 0.595. The molecule has 1 saturated heterocycles. The summed E-state index contributed by atoms with van der Waals surface area (Å²) in [7, 11) is -3.91. The monoisotopic (exact) mass is 717 g/mol. The van der Waals surface area contributed by atoms with Gasteiger partial charge < -0.3 is 29.9 Å². The third-order valence-corrected chi connectivity index (χ3v) is 11.9. The Morgan fingerprint density at radius 2 is 1.84 bits per heavy atom. The lowest BCUT2D eigenvalue weighted by molar-refractivity contribution is -0.141. The molecular formula is C34H44FN5O9S. The minimum atomic E-state index is -3.91. The first kappa shape index (κ1) is 35.6. The lowest BCUT2D eigenvalue weighted by Gasteiger charge is -2.30. The van der Waals surface area contributed by atoms with Crippen LogP contribution in [-0.4, -0.2) is 103 Å². The second kappa shape index (κ2) is 15.0. The van der Waals surface area contributed by atoms with Gasteiger partial charge in [-0.2, -0.15) is 0 Å². The zero-order valence-electron chi connectivity index (χ0n) is 27.8. The van der Waals surface area contributed by atoms with Gasteiger partial charge in [-0.1, -0.05) is 49.3 Å². The number of alkyl halides is 1. The maximum absolute atomic E-state index is 14.1. The third kappa shape index (κ3) is 8.05. The highest BCUT2D eigenvalue weighted by Gasteiger charge is 2.62. The quantitative estimate of drug-likeness (QED) is 0.357. The summed E-state index contributed by atoms with van der Waals surface area (Å²) < 4.78 is 51.0. The lowest BCUT2D eigenvalue weighted by Crippen LogP contribution is -2.58. The number of fused-ring (bicyclic) bond motifs is 3. The van der Waals surface area contributed by atoms with E-state index in [-0.39, 0.29) is 25.8 Å². The van der Waals surface area contributed by atoms with Crippen LogP contribution in [0.15, 0.2) is 36.4 Å². The van der Waals surface area contributed by atoms with Gasteiger partial charge in [0, 0.05) is 25.4 Å². The van der Waals surface area contributed by atoms with E-state index in [0.717, 1.165) is 17.5 Å². The maximum Gasteiger partial charge on any atom is 0.410 e. The lowest BCUT2D eigenvalue weighted by atomic mass is 10.0. The van der Waals surface area contributed by atoms with Crippen molar-refractivity contribution in [2.24, 2.45) is 5.92 Å². The SMILES string of the molecule is O=C(N[C@H]1CCCCC/C=C/[C@@H]2C[C@@]2(C(=O)NS(=O)(=O)C2CC2)NC(=O)[C@@H]2C[C@@H](OC(=O)N3CCc4ccccc4C3)CN2C1=O)OCCF. The Bertz CT molecular complexity index is 1640. The van der Waals surface area contributed by atoms with Gasteiger partial charge in [-0.05, 0) is 56.1 Å². The summed E-state index contributed by atoms with van der Waals surface area (Å²) >= 11 is 0. The number of nitrogens with zero attached hydrogens (tertiary/aromatic N) is 2. The van der Waals surface area contributed by atoms with Crippen LogP contribution in [0.1, 0.15) is 68.9 Å². The normalized spacial score (nSPS) is 29.1. The summed E-state index contributed by atoms with van der Waals surface area (Å²) in [6.07, 6.45) is 5.70. The number of nitrogens with one attached hydrogen (secondary N) is 3. The largest absolute Gasteiger partial charge is 0.447 e. The highest BCUT2D eigenvalue weighted by molar-refractivity contribution is 7.91. The van der Waals surface area contributed by atoms with E-state index in [1.807, 2.05) is 36.4 Å². The van der Waals surface area contributed by atoms with E-state index < -0.39 is 88.1 Å². The van der Waals surface area contributed by atoms with Crippen molar-refractivity contribution in [1.29, 1.82) is 0 Å². The third-order valence-electron chi connectivity index (χ3n) is 10.1. The molecule has 5 amide bonds. The van der Waals surface area contributed by atoms with Crippen molar-refractivity contribution < 1.29 is 46.3 Å². The van der Waals surface area contributed by atoms with Gasteiger partial charge in [-0.25, -0.2) is 22.4 Å². The van der Waals surface area contributed by atoms with Gasteiger partial charge in [-0.15, -0.1) is 0 Å². The van der Waals surface area contributed by atoms with Gasteiger partial charge in [0.1, 0.15) is 37.0 Å². The number of rotatable bonds is 7. The summed E-state index contributed by atoms with van der Waals surface area (Å²) in [4.78, 5) is 70.4. The van der Waals surface area contributed by atoms with Crippen LogP contribution in [0.2, 0.25) is 0 Å². The minimum absolute atomic E-state index is 0.0919. The molecule has 3 N–H and O–H groups in total. The molecule has 6 rings (SSSR count). The smallest absolute Gasteiger partial charge is 0.410 e. The van der Waals surface area contributed by atoms with Gasteiger partial charge in [-0.3, -0.25) is 19.1 Å². The van der Waals surface area contributed by atoms with Crippen molar-refractivity contribution in [3.8, 4) is 0 Å². The first-order valence-corrected chi connectivity index (χ1v) is 18.9. The van der Waals surface area contributed by atoms with Gasteiger partial charge in [0.2, 0.25) is 21.8 Å². The first-order chi connectivity index (χ1) is 24.0. The molecule has 2 aliphatic carbocycles. The summed E-state index contributed by atoms with van der Waals surface area (Å²) in [5.74, 6) is -2.64. The number of ether oxygens (including phenoxy) is 2. The standard InChI is InChI=1S/C34H44FN5O9S/c35-15-17-48-32(44)36-27-11-5-3-1-2-4-10-24-19-34(24,31(43)38-50(46,47)26-12-13-26)37-29(41)28-18-25(21-40(28)30(27)42)49-33(45)39-16-14-22-8-6-7-9-23(22)20-39/h4,6-10,24-28H,1-3,5,11-21H2,(H,36,44)(H,37,41)(H,38,43)/b10-4+/t24-,25-,27+,28+,34-/m1/s1. The van der Waals surface area contributed by atoms with Crippen molar-refractivity contribution >= 4 is 39.9 Å². The molecule has 0 spiro atoms. The Hall–Kier alpha value is -4.21. The van der Waals surface area contributed by atoms with E-state index in [2.05, 4.69) is 15.4 Å². The van der Waals surface area contributed by atoms with Crippen LogP contribution >= 0.6 is 0 Å². The fourth-order valence-corrected chi connectivity index (χ4v) is 8.40. The molecule has 0 bridgehead atoms. The summed E-state index contributed by atoms with van der Waals surface area (Å²) in [6.45, 7) is -0.782. The molecule has 0 radical (unpaired) electrons. The van der Waals surface area contributed by atoms with Crippen molar-refractivity contribution in [2.75, 3.05) is 26.4 Å². The Labute approximate surface area is 290 Å². The summed E-state index contributed by atoms with van der Waals surface area (Å²) in [6, 6.07) is 5.45. The second-order valence-corrected chi connectivity index (χ2v) is 15.7. The van der Waals surface area contributed by atoms with E-state index >= 15 is 0 Å². The highest BCUT2D eigenvalue weighted by atomic mass is 32.2. The van der Waals surface area contributed by atoms with Crippen molar-refractivity contribution in [1.82, 2.24) is 25.2 Å². The zero-order valence-corrected chi connectivity index (χ0v) is 28.6. The molecule has 50 heavy (non-hydrogen) atoms. The Morgan fingerprint density at radius 3 is 2.60 bits per heavy atom. The van der Waals surface area contributed by atoms with Crippen molar-refractivity contribution in [3.63, 3.8) is 0 Å². The Kier molecular flexibility index (Phi) is 10.6. The average Bonchev–Trinajstić information content (AvgIpc) is 4.02. The number of benzene rings is 1. The van der Waals surface area contributed by atoms with Crippen LogP contribution < -0.4 is 15.4 Å². The van der Waals surface area contributed by atoms with Crippen LogP contribution in [0.5, 0.6) is 0 Å². The number of carbonyl (C=O) groups excluding carboxylic acids is 5. The van der Waals surface area contributed by atoms with Crippen molar-refractivity contribution in [3.05, 3.63) is 47.5 Å². The molecule has 272 valence electrons. The number of alkyl carbamates (subject to hydrolysis) is 1. The number of hydrogen-bond acceptors (Lipinski definition) is 9. The van der Waals surface area contributed by atoms with Gasteiger partial charge in [0.25, 0.3) is 5.91 Å². The number of carbonyl (C=O) groups is 5. The van der Waals surface area contributed by atoms with Crippen LogP contribution in [0.25, 0.3) is 0 Å². The molecular weight excluding hydrogens is 673 g/mol. The molecule has 1 aromatic rings. The van der Waals surface area contributed by atoms with Crippen LogP contribution in [-0.2, 0) is 46.8 Å². The number of amides is 5. The fraction of sp³-hybridized carbons (Fsp3) is 0.618. The molecule has 5 atom stereocenters. The molecule has 5 aliphatic rings. The summed E-state index contributed by atoms with van der Waals surface area (Å²) in [5, 5.41) is 4.64. The molecule has 1 aromatic carbocycles. The first-order valence-electron chi connectivity index (χ1n) is 17.4. The number of halogens is 1. The van der Waals surface area contributed by atoms with Gasteiger partial charge in [0.05, 0.1) is 11.8 Å². The Morgan fingerprint density at radius 1 is 1.06 bits per heavy atom. The maximum atomic E-state index is 14.1. The Balaban J connectivity index is 1.24. The van der Waals surface area contributed by atoms with E-state index in [9.17, 15) is 36.8 Å². The molecule has 3 aliphatic heterocycles. The van der Waals surface area contributed by atoms with Crippen LogP contribution in [0, 0.1) is 5.92 Å². The molecule has 3 fully saturated rings. The average molecular weight is 718 g/mol. The molecule has 3 heterocycles. The van der Waals surface area contributed by atoms with E-state index in [0.29, 0.717) is 51.6 Å². The van der Waals surface area contributed by atoms with Gasteiger partial charge >= 0.3 is 12.2 Å². The molecule has 16 heteroatoms. The predicted octanol–water partition coefficient (Wildman–Crippen LogP) is 2.22. The topological polar surface area (TPSA) is 181 Å². The fourth-order valence-electron chi connectivity index (χ4n) is 7.03. The second-order valence-electron chi connectivity index (χ2n) is 13.7. The van der Waals surface area contributed by atoms with Crippen molar-refractivity contribution in [2.45, 2.75) is 99.7 Å². The van der Waals surface area contributed by atoms with E-state index in [1.54, 1.807) is 4.90 Å². The number of sulfonamides is 1. The number of hydrogen-bond donors (Lipinski definition) is 3. The molecule has 0 unspecified atom stereocenters. The molecule has 14 nitrogen and oxygen atoms in total. The van der Waals surface area contributed by atoms with E-state index in [4.69, 9.17) is 9.47 Å². The minimum Gasteiger partial charge on any atom is -0.447 e. The van der Waals surface area contributed by atoms with Crippen LogP contribution in [0.4, 0.5) is 14.0 Å². The van der Waals surface area contributed by atoms with E-state index in [1.165, 1.54) is 4.90 Å². The van der Waals surface area contributed by atoms with Gasteiger partial charge in [0.15, 0.2) is 0 Å².